The van der Waals surface area contributed by atoms with Crippen molar-refractivity contribution in [3.8, 4) is 0 Å². The van der Waals surface area contributed by atoms with E-state index in [1.54, 1.807) is 4.90 Å². The average Bonchev–Trinajstić information content (AvgIpc) is 2.53. The third-order valence-electron chi connectivity index (χ3n) is 4.28. The molecular weight excluding hydrogens is 274 g/mol. The molecule has 0 fully saturated rings. The Balaban J connectivity index is 2.02. The van der Waals surface area contributed by atoms with Crippen LogP contribution in [-0.4, -0.2) is 39.0 Å². The van der Waals surface area contributed by atoms with Gasteiger partial charge in [0.1, 0.15) is 6.17 Å². The number of hydrogen-bond acceptors (Lipinski definition) is 3. The summed E-state index contributed by atoms with van der Waals surface area (Å²) in [6.45, 7) is 0. The second kappa shape index (κ2) is 5.37. The van der Waals surface area contributed by atoms with Crippen molar-refractivity contribution in [2.45, 2.75) is 6.17 Å². The molecule has 0 N–H and O–H groups in total. The maximum Gasteiger partial charge on any atom is 0.257 e. The molecule has 0 unspecified atom stereocenters. The first kappa shape index (κ1) is 14.4. The first-order chi connectivity index (χ1) is 10.5. The highest BCUT2D eigenvalue weighted by Crippen LogP contribution is 2.36. The number of rotatable bonds is 2. The molecule has 1 heterocycles. The van der Waals surface area contributed by atoms with E-state index < -0.39 is 0 Å². The summed E-state index contributed by atoms with van der Waals surface area (Å²) in [5, 5.41) is 0. The molecular formula is C18H21N3O. The minimum Gasteiger partial charge on any atom is -0.378 e. The Bertz CT molecular complexity index is 694. The van der Waals surface area contributed by atoms with E-state index in [-0.39, 0.29) is 12.1 Å². The number of nitrogens with zero attached hydrogens (tertiary/aromatic N) is 3. The predicted molar refractivity (Wildman–Crippen MR) is 90.4 cm³/mol. The molecule has 2 aromatic rings. The normalized spacial score (nSPS) is 17.5. The molecule has 0 aromatic heterocycles. The van der Waals surface area contributed by atoms with Crippen molar-refractivity contribution in [2.24, 2.45) is 0 Å². The van der Waals surface area contributed by atoms with E-state index in [9.17, 15) is 4.79 Å². The summed E-state index contributed by atoms with van der Waals surface area (Å²) < 4.78 is 0. The molecule has 3 rings (SSSR count). The highest BCUT2D eigenvalue weighted by molar-refractivity contribution is 6.01. The summed E-state index contributed by atoms with van der Waals surface area (Å²) in [5.74, 6) is 0.0652. The Labute approximate surface area is 131 Å². The Hall–Kier alpha value is -2.49. The quantitative estimate of drug-likeness (QED) is 0.852. The fourth-order valence-corrected chi connectivity index (χ4v) is 3.05. The van der Waals surface area contributed by atoms with Gasteiger partial charge in [0, 0.05) is 33.9 Å². The van der Waals surface area contributed by atoms with Crippen molar-refractivity contribution < 1.29 is 4.79 Å². The van der Waals surface area contributed by atoms with Gasteiger partial charge in [0.2, 0.25) is 0 Å². The van der Waals surface area contributed by atoms with Gasteiger partial charge in [-0.1, -0.05) is 24.3 Å². The third-order valence-corrected chi connectivity index (χ3v) is 4.28. The van der Waals surface area contributed by atoms with Crippen molar-refractivity contribution in [1.82, 2.24) is 4.90 Å². The van der Waals surface area contributed by atoms with Gasteiger partial charge < -0.3 is 14.7 Å². The van der Waals surface area contributed by atoms with E-state index in [0.717, 1.165) is 22.5 Å². The monoisotopic (exact) mass is 295 g/mol. The smallest absolute Gasteiger partial charge is 0.257 e. The molecule has 4 nitrogen and oxygen atoms in total. The standard InChI is InChI=1S/C18H21N3O/c1-19(2)14-11-9-13(10-12-14)17-20(3)16-8-6-5-7-15(16)18(22)21(17)4/h5-12,17H,1-4H3/t17-/m1/s1. The van der Waals surface area contributed by atoms with Gasteiger partial charge in [-0.3, -0.25) is 4.79 Å². The van der Waals surface area contributed by atoms with Gasteiger partial charge in [-0.05, 0) is 29.8 Å². The molecule has 0 radical (unpaired) electrons. The fourth-order valence-electron chi connectivity index (χ4n) is 3.05. The van der Waals surface area contributed by atoms with E-state index in [1.807, 2.05) is 52.5 Å². The van der Waals surface area contributed by atoms with Gasteiger partial charge in [0.05, 0.1) is 11.3 Å². The Kier molecular flexibility index (Phi) is 3.53. The Morgan fingerprint density at radius 3 is 2.18 bits per heavy atom. The number of para-hydroxylation sites is 1. The number of anilines is 2. The number of carbonyl (C=O) groups is 1. The molecule has 2 aromatic carbocycles. The molecule has 1 aliphatic rings. The van der Waals surface area contributed by atoms with Crippen molar-refractivity contribution in [1.29, 1.82) is 0 Å². The molecule has 1 aliphatic heterocycles. The summed E-state index contributed by atoms with van der Waals surface area (Å²) in [4.78, 5) is 18.6. The highest BCUT2D eigenvalue weighted by Gasteiger charge is 2.34. The zero-order chi connectivity index (χ0) is 15.9. The van der Waals surface area contributed by atoms with Crippen LogP contribution in [0.4, 0.5) is 11.4 Å². The lowest BCUT2D eigenvalue weighted by Gasteiger charge is -2.42. The van der Waals surface area contributed by atoms with Crippen molar-refractivity contribution in [3.63, 3.8) is 0 Å². The summed E-state index contributed by atoms with van der Waals surface area (Å²) in [6.07, 6.45) is -0.0846. The molecule has 114 valence electrons. The summed E-state index contributed by atoms with van der Waals surface area (Å²) in [7, 11) is 7.94. The second-order valence-electron chi connectivity index (χ2n) is 5.90. The maximum atomic E-state index is 12.6. The van der Waals surface area contributed by atoms with Crippen LogP contribution in [0.1, 0.15) is 22.1 Å². The molecule has 0 spiro atoms. The fraction of sp³-hybridized carbons (Fsp3) is 0.278. The van der Waals surface area contributed by atoms with Crippen LogP contribution in [0.3, 0.4) is 0 Å². The average molecular weight is 295 g/mol. The lowest BCUT2D eigenvalue weighted by molar-refractivity contribution is 0.0711. The van der Waals surface area contributed by atoms with Gasteiger partial charge in [-0.2, -0.15) is 0 Å². The van der Waals surface area contributed by atoms with E-state index in [4.69, 9.17) is 0 Å². The van der Waals surface area contributed by atoms with E-state index >= 15 is 0 Å². The minimum absolute atomic E-state index is 0.0652. The van der Waals surface area contributed by atoms with Gasteiger partial charge in [0.15, 0.2) is 0 Å². The number of amides is 1. The summed E-state index contributed by atoms with van der Waals surface area (Å²) >= 11 is 0. The zero-order valence-electron chi connectivity index (χ0n) is 13.4. The number of hydrogen-bond donors (Lipinski definition) is 0. The van der Waals surface area contributed by atoms with Gasteiger partial charge in [0.25, 0.3) is 5.91 Å². The Morgan fingerprint density at radius 2 is 1.55 bits per heavy atom. The molecule has 22 heavy (non-hydrogen) atoms. The van der Waals surface area contributed by atoms with Crippen LogP contribution < -0.4 is 9.80 Å². The zero-order valence-corrected chi connectivity index (χ0v) is 13.4. The predicted octanol–water partition coefficient (Wildman–Crippen LogP) is 2.97. The second-order valence-corrected chi connectivity index (χ2v) is 5.90. The van der Waals surface area contributed by atoms with Crippen molar-refractivity contribution in [3.05, 3.63) is 59.7 Å². The van der Waals surface area contributed by atoms with Crippen LogP contribution in [0.2, 0.25) is 0 Å². The lowest BCUT2D eigenvalue weighted by Crippen LogP contribution is -2.45. The van der Waals surface area contributed by atoms with E-state index in [1.165, 1.54) is 0 Å². The van der Waals surface area contributed by atoms with Gasteiger partial charge in [-0.15, -0.1) is 0 Å². The van der Waals surface area contributed by atoms with Crippen LogP contribution in [0.5, 0.6) is 0 Å². The first-order valence-corrected chi connectivity index (χ1v) is 7.37. The van der Waals surface area contributed by atoms with Crippen LogP contribution in [0.25, 0.3) is 0 Å². The van der Waals surface area contributed by atoms with Crippen LogP contribution in [0.15, 0.2) is 48.5 Å². The number of carbonyl (C=O) groups excluding carboxylic acids is 1. The molecule has 1 amide bonds. The first-order valence-electron chi connectivity index (χ1n) is 7.37. The molecule has 0 saturated carbocycles. The number of fused-ring (bicyclic) bond motifs is 1. The van der Waals surface area contributed by atoms with E-state index in [2.05, 4.69) is 34.1 Å². The van der Waals surface area contributed by atoms with Gasteiger partial charge >= 0.3 is 0 Å². The van der Waals surface area contributed by atoms with Crippen LogP contribution in [0, 0.1) is 0 Å². The minimum atomic E-state index is -0.0846. The Morgan fingerprint density at radius 1 is 0.909 bits per heavy atom. The summed E-state index contributed by atoms with van der Waals surface area (Å²) in [6, 6.07) is 16.1. The van der Waals surface area contributed by atoms with Crippen LogP contribution in [-0.2, 0) is 0 Å². The van der Waals surface area contributed by atoms with Gasteiger partial charge in [-0.25, -0.2) is 0 Å². The molecule has 1 atom stereocenters. The molecule has 0 saturated heterocycles. The number of benzene rings is 2. The molecule has 4 heteroatoms. The summed E-state index contributed by atoms with van der Waals surface area (Å²) in [5.41, 5.74) is 4.00. The SMILES string of the molecule is CN(C)c1ccc([C@H]2N(C)C(=O)c3ccccc3N2C)cc1. The van der Waals surface area contributed by atoms with Crippen LogP contribution >= 0.6 is 0 Å². The third kappa shape index (κ3) is 2.21. The van der Waals surface area contributed by atoms with E-state index in [0.29, 0.717) is 0 Å². The lowest BCUT2D eigenvalue weighted by atomic mass is 10.0. The highest BCUT2D eigenvalue weighted by atomic mass is 16.2. The maximum absolute atomic E-state index is 12.6. The van der Waals surface area contributed by atoms with Crippen molar-refractivity contribution >= 4 is 17.3 Å². The molecule has 0 bridgehead atoms. The largest absolute Gasteiger partial charge is 0.378 e. The molecule has 0 aliphatic carbocycles. The van der Waals surface area contributed by atoms with Crippen molar-refractivity contribution in [2.75, 3.05) is 38.0 Å². The topological polar surface area (TPSA) is 26.8 Å².